The first-order valence-corrected chi connectivity index (χ1v) is 29.0. The van der Waals surface area contributed by atoms with E-state index in [1.165, 1.54) is 38.5 Å². The molecule has 0 aromatic rings. The summed E-state index contributed by atoms with van der Waals surface area (Å²) >= 11 is 0. The Kier molecular flexibility index (Phi) is 55.5. The summed E-state index contributed by atoms with van der Waals surface area (Å²) in [6.07, 6.45) is 86.6. The van der Waals surface area contributed by atoms with E-state index in [1.807, 2.05) is 0 Å². The Balaban J connectivity index is 4.57. The molecule has 0 heterocycles. The SMILES string of the molecule is CC/C=C\C/C=C\C/C=C\C/C=C\C/C=C\C/C=C\C/C=C\CCCC(=O)OCC(COC(=O)CCCCCCC/C=C\CCCCCC)OC(=O)CCCCC/C=C\C/C=C\C/C=C\C/C=C\C/C=C\CC. The van der Waals surface area contributed by atoms with Crippen LogP contribution in [0, 0.1) is 0 Å². The third-order valence-electron chi connectivity index (χ3n) is 11.5. The Bertz CT molecular complexity index is 1670. The maximum atomic E-state index is 12.9. The third-order valence-corrected chi connectivity index (χ3v) is 11.5. The predicted octanol–water partition coefficient (Wildman–Crippen LogP) is 19.8. The maximum Gasteiger partial charge on any atom is 0.306 e. The van der Waals surface area contributed by atoms with E-state index in [4.69, 9.17) is 14.2 Å². The van der Waals surface area contributed by atoms with Crippen molar-refractivity contribution in [3.8, 4) is 0 Å². The quantitative estimate of drug-likeness (QED) is 0.0261. The summed E-state index contributed by atoms with van der Waals surface area (Å²) in [6, 6.07) is 0. The Labute approximate surface area is 448 Å². The fourth-order valence-corrected chi connectivity index (χ4v) is 7.22. The molecule has 408 valence electrons. The zero-order valence-corrected chi connectivity index (χ0v) is 46.6. The van der Waals surface area contributed by atoms with E-state index in [0.29, 0.717) is 19.3 Å². The van der Waals surface area contributed by atoms with Crippen LogP contribution in [0.15, 0.2) is 158 Å². The molecule has 0 aromatic heterocycles. The van der Waals surface area contributed by atoms with Crippen LogP contribution in [0.5, 0.6) is 0 Å². The van der Waals surface area contributed by atoms with Crippen molar-refractivity contribution < 1.29 is 28.6 Å². The molecule has 0 saturated heterocycles. The summed E-state index contributed by atoms with van der Waals surface area (Å²) in [5, 5.41) is 0. The van der Waals surface area contributed by atoms with Crippen molar-refractivity contribution >= 4 is 17.9 Å². The lowest BCUT2D eigenvalue weighted by Crippen LogP contribution is -2.30. The minimum atomic E-state index is -0.831. The number of allylic oxidation sites excluding steroid dienone is 26. The van der Waals surface area contributed by atoms with E-state index in [0.717, 1.165) is 135 Å². The number of carbonyl (C=O) groups is 3. The molecule has 6 nitrogen and oxygen atoms in total. The number of esters is 3. The first-order chi connectivity index (χ1) is 36.0. The van der Waals surface area contributed by atoms with Crippen LogP contribution in [0.25, 0.3) is 0 Å². The second kappa shape index (κ2) is 59.6. The second-order valence-corrected chi connectivity index (χ2v) is 18.4. The van der Waals surface area contributed by atoms with Crippen molar-refractivity contribution in [2.45, 2.75) is 232 Å². The van der Waals surface area contributed by atoms with Gasteiger partial charge in [0.15, 0.2) is 6.10 Å². The van der Waals surface area contributed by atoms with E-state index in [1.54, 1.807) is 0 Å². The largest absolute Gasteiger partial charge is 0.462 e. The normalized spacial score (nSPS) is 13.3. The molecule has 0 bridgehead atoms. The minimum Gasteiger partial charge on any atom is -0.462 e. The lowest BCUT2D eigenvalue weighted by atomic mass is 10.1. The predicted molar refractivity (Wildman–Crippen MR) is 315 cm³/mol. The molecule has 0 fully saturated rings. The van der Waals surface area contributed by atoms with E-state index >= 15 is 0 Å². The van der Waals surface area contributed by atoms with Gasteiger partial charge in [-0.1, -0.05) is 224 Å². The number of hydrogen-bond donors (Lipinski definition) is 0. The molecule has 0 N–H and O–H groups in total. The molecule has 0 spiro atoms. The molecule has 1 unspecified atom stereocenters. The number of unbranched alkanes of at least 4 members (excludes halogenated alkanes) is 13. The monoisotopic (exact) mass is 1000 g/mol. The van der Waals surface area contributed by atoms with Gasteiger partial charge in [0.1, 0.15) is 13.2 Å². The van der Waals surface area contributed by atoms with Crippen LogP contribution in [0.1, 0.15) is 226 Å². The number of ether oxygens (including phenoxy) is 3. The van der Waals surface area contributed by atoms with Crippen molar-refractivity contribution in [1.82, 2.24) is 0 Å². The van der Waals surface area contributed by atoms with E-state index in [9.17, 15) is 14.4 Å². The van der Waals surface area contributed by atoms with Gasteiger partial charge < -0.3 is 14.2 Å². The molecule has 73 heavy (non-hydrogen) atoms. The van der Waals surface area contributed by atoms with Crippen LogP contribution in [0.3, 0.4) is 0 Å². The Hall–Kier alpha value is -4.97. The molecule has 0 amide bonds. The number of hydrogen-bond acceptors (Lipinski definition) is 6. The Morgan fingerprint density at radius 2 is 0.548 bits per heavy atom. The van der Waals surface area contributed by atoms with Gasteiger partial charge in [-0.25, -0.2) is 0 Å². The van der Waals surface area contributed by atoms with E-state index < -0.39 is 6.10 Å². The minimum absolute atomic E-state index is 0.121. The van der Waals surface area contributed by atoms with Crippen molar-refractivity contribution in [3.05, 3.63) is 158 Å². The zero-order chi connectivity index (χ0) is 52.9. The highest BCUT2D eigenvalue weighted by molar-refractivity contribution is 5.71. The summed E-state index contributed by atoms with van der Waals surface area (Å²) < 4.78 is 16.8. The van der Waals surface area contributed by atoms with E-state index in [2.05, 4.69) is 179 Å². The molecule has 0 aliphatic carbocycles. The highest BCUT2D eigenvalue weighted by atomic mass is 16.6. The summed E-state index contributed by atoms with van der Waals surface area (Å²) in [4.78, 5) is 38.2. The van der Waals surface area contributed by atoms with Gasteiger partial charge in [0.05, 0.1) is 0 Å². The molecular formula is C67H104O6. The van der Waals surface area contributed by atoms with Crippen molar-refractivity contribution in [3.63, 3.8) is 0 Å². The third kappa shape index (κ3) is 57.8. The smallest absolute Gasteiger partial charge is 0.306 e. The maximum absolute atomic E-state index is 12.9. The van der Waals surface area contributed by atoms with Gasteiger partial charge in [-0.15, -0.1) is 0 Å². The summed E-state index contributed by atoms with van der Waals surface area (Å²) in [7, 11) is 0. The Morgan fingerprint density at radius 3 is 0.918 bits per heavy atom. The Morgan fingerprint density at radius 1 is 0.288 bits per heavy atom. The van der Waals surface area contributed by atoms with Crippen LogP contribution >= 0.6 is 0 Å². The van der Waals surface area contributed by atoms with Crippen LogP contribution in [0.4, 0.5) is 0 Å². The van der Waals surface area contributed by atoms with Gasteiger partial charge in [0, 0.05) is 19.3 Å². The highest BCUT2D eigenvalue weighted by Gasteiger charge is 2.19. The highest BCUT2D eigenvalue weighted by Crippen LogP contribution is 2.12. The summed E-state index contributed by atoms with van der Waals surface area (Å²) in [5.74, 6) is -1.03. The van der Waals surface area contributed by atoms with Crippen molar-refractivity contribution in [1.29, 1.82) is 0 Å². The lowest BCUT2D eigenvalue weighted by molar-refractivity contribution is -0.167. The zero-order valence-electron chi connectivity index (χ0n) is 46.6. The lowest BCUT2D eigenvalue weighted by Gasteiger charge is -2.18. The molecule has 6 heteroatoms. The van der Waals surface area contributed by atoms with Gasteiger partial charge >= 0.3 is 17.9 Å². The van der Waals surface area contributed by atoms with Gasteiger partial charge in [0.25, 0.3) is 0 Å². The number of rotatable bonds is 50. The van der Waals surface area contributed by atoms with Crippen LogP contribution in [-0.4, -0.2) is 37.2 Å². The average Bonchev–Trinajstić information content (AvgIpc) is 3.39. The van der Waals surface area contributed by atoms with Crippen molar-refractivity contribution in [2.24, 2.45) is 0 Å². The average molecular weight is 1010 g/mol. The molecule has 0 rings (SSSR count). The fourth-order valence-electron chi connectivity index (χ4n) is 7.22. The van der Waals surface area contributed by atoms with Gasteiger partial charge in [-0.2, -0.15) is 0 Å². The summed E-state index contributed by atoms with van der Waals surface area (Å²) in [6.45, 7) is 6.29. The van der Waals surface area contributed by atoms with Gasteiger partial charge in [-0.05, 0) is 141 Å². The van der Waals surface area contributed by atoms with Crippen LogP contribution in [0.2, 0.25) is 0 Å². The second-order valence-electron chi connectivity index (χ2n) is 18.4. The molecule has 0 saturated carbocycles. The molecule has 0 radical (unpaired) electrons. The first-order valence-electron chi connectivity index (χ1n) is 29.0. The molecule has 1 atom stereocenters. The fraction of sp³-hybridized carbons (Fsp3) is 0.567. The van der Waals surface area contributed by atoms with Crippen molar-refractivity contribution in [2.75, 3.05) is 13.2 Å². The molecular weight excluding hydrogens is 901 g/mol. The van der Waals surface area contributed by atoms with Crippen LogP contribution < -0.4 is 0 Å². The molecule has 0 aliphatic heterocycles. The molecule has 0 aromatic carbocycles. The van der Waals surface area contributed by atoms with Gasteiger partial charge in [-0.3, -0.25) is 14.4 Å². The first kappa shape index (κ1) is 68.0. The van der Waals surface area contributed by atoms with Gasteiger partial charge in [0.2, 0.25) is 0 Å². The standard InChI is InChI=1S/C67H104O6/c1-4-7-10-13-16-19-22-25-27-29-31-32-33-34-36-37-39-42-45-48-51-54-57-60-66(69)72-63-64(62-71-65(68)59-56-53-50-47-44-41-24-21-18-15-12-9-6-3)73-67(70)61-58-55-52-49-46-43-40-38-35-30-28-26-23-20-17-14-11-8-5-2/h7-8,10-11,16-17,19-21,24-28,31-32,34-36,38-39,42-43,46,48,51,64H,4-6,9,12-15,18,22-23,29-30,33,37,40-41,44-45,47,49-50,52-63H2,1-3H3/b10-7-,11-8-,19-16-,20-17-,24-21-,27-25-,28-26-,32-31-,36-34-,38-35-,42-39-,46-43-,51-48-. The summed E-state index contributed by atoms with van der Waals surface area (Å²) in [5.41, 5.74) is 0. The number of carbonyl (C=O) groups excluding carboxylic acids is 3. The molecule has 0 aliphatic rings. The topological polar surface area (TPSA) is 78.9 Å². The van der Waals surface area contributed by atoms with E-state index in [-0.39, 0.29) is 44.0 Å². The van der Waals surface area contributed by atoms with Crippen LogP contribution in [-0.2, 0) is 28.6 Å².